The Morgan fingerprint density at radius 1 is 1.60 bits per heavy atom. The van der Waals surface area contributed by atoms with Gasteiger partial charge in [0.05, 0.1) is 6.54 Å². The largest absolute Gasteiger partial charge is 0.457 e. The van der Waals surface area contributed by atoms with Gasteiger partial charge in [-0.25, -0.2) is 0 Å². The summed E-state index contributed by atoms with van der Waals surface area (Å²) in [4.78, 5) is 14.9. The van der Waals surface area contributed by atoms with E-state index in [4.69, 9.17) is 4.42 Å². The summed E-state index contributed by atoms with van der Waals surface area (Å²) in [6.07, 6.45) is 1.71. The van der Waals surface area contributed by atoms with Gasteiger partial charge in [0.2, 0.25) is 5.91 Å². The van der Waals surface area contributed by atoms with Crippen LogP contribution >= 0.6 is 15.9 Å². The Bertz CT molecular complexity index is 507. The maximum absolute atomic E-state index is 10.7. The molecule has 1 N–H and O–H groups in total. The Morgan fingerprint density at radius 2 is 2.40 bits per heavy atom. The van der Waals surface area contributed by atoms with Crippen LogP contribution in [0.1, 0.15) is 12.7 Å². The van der Waals surface area contributed by atoms with Gasteiger partial charge in [0.25, 0.3) is 0 Å². The van der Waals surface area contributed by atoms with E-state index >= 15 is 0 Å². The number of nitrogens with zero attached hydrogens (tertiary/aromatic N) is 1. The molecule has 4 nitrogen and oxygen atoms in total. The van der Waals surface area contributed by atoms with Crippen molar-refractivity contribution >= 4 is 32.9 Å². The second-order valence-corrected chi connectivity index (χ2v) is 4.08. The third-order valence-corrected chi connectivity index (χ3v) is 2.33. The molecule has 0 atom stereocenters. The Labute approximate surface area is 94.8 Å². The van der Waals surface area contributed by atoms with Crippen LogP contribution in [-0.2, 0) is 11.3 Å². The van der Waals surface area contributed by atoms with E-state index in [9.17, 15) is 4.79 Å². The van der Waals surface area contributed by atoms with Crippen molar-refractivity contribution in [3.63, 3.8) is 0 Å². The Balaban J connectivity index is 2.27. The Kier molecular flexibility index (Phi) is 2.73. The molecule has 5 heteroatoms. The van der Waals surface area contributed by atoms with Gasteiger partial charge in [-0.1, -0.05) is 0 Å². The third kappa shape index (κ3) is 2.36. The number of rotatable bonds is 2. The minimum atomic E-state index is -0.0791. The number of halogens is 1. The van der Waals surface area contributed by atoms with Crippen LogP contribution in [0.15, 0.2) is 27.2 Å². The molecule has 0 fully saturated rings. The fourth-order valence-corrected chi connectivity index (χ4v) is 1.55. The highest BCUT2D eigenvalue weighted by Crippen LogP contribution is 2.20. The monoisotopic (exact) mass is 268 g/mol. The van der Waals surface area contributed by atoms with Crippen LogP contribution in [-0.4, -0.2) is 10.9 Å². The summed E-state index contributed by atoms with van der Waals surface area (Å²) >= 11 is 3.31. The summed E-state index contributed by atoms with van der Waals surface area (Å²) in [5.74, 6) is 0.621. The van der Waals surface area contributed by atoms with E-state index in [1.165, 1.54) is 6.92 Å². The minimum Gasteiger partial charge on any atom is -0.457 e. The molecule has 0 unspecified atom stereocenters. The van der Waals surface area contributed by atoms with E-state index in [0.29, 0.717) is 17.9 Å². The first-order valence-corrected chi connectivity index (χ1v) is 5.23. The van der Waals surface area contributed by atoms with Crippen LogP contribution in [0.4, 0.5) is 0 Å². The summed E-state index contributed by atoms with van der Waals surface area (Å²) in [5, 5.41) is 2.67. The molecule has 0 spiro atoms. The molecule has 0 bridgehead atoms. The summed E-state index contributed by atoms with van der Waals surface area (Å²) in [7, 11) is 0. The molecule has 0 aliphatic carbocycles. The Hall–Kier alpha value is -1.36. The predicted molar refractivity (Wildman–Crippen MR) is 59.2 cm³/mol. The van der Waals surface area contributed by atoms with E-state index in [0.717, 1.165) is 9.99 Å². The van der Waals surface area contributed by atoms with Crippen molar-refractivity contribution < 1.29 is 9.21 Å². The van der Waals surface area contributed by atoms with E-state index in [1.807, 2.05) is 12.1 Å². The number of furan rings is 1. The minimum absolute atomic E-state index is 0.0791. The molecule has 2 aromatic rings. The molecule has 15 heavy (non-hydrogen) atoms. The van der Waals surface area contributed by atoms with Crippen molar-refractivity contribution in [2.24, 2.45) is 0 Å². The first-order chi connectivity index (χ1) is 7.15. The number of hydrogen-bond donors (Lipinski definition) is 1. The molecule has 1 amide bonds. The highest BCUT2D eigenvalue weighted by molar-refractivity contribution is 9.10. The SMILES string of the molecule is CC(=O)NCc1cc2ncc(Br)cc2o1. The number of aromatic nitrogens is 1. The second-order valence-electron chi connectivity index (χ2n) is 3.16. The number of hydrogen-bond acceptors (Lipinski definition) is 3. The van der Waals surface area contributed by atoms with E-state index in [-0.39, 0.29) is 5.91 Å². The molecule has 2 aromatic heterocycles. The van der Waals surface area contributed by atoms with Gasteiger partial charge in [0.1, 0.15) is 11.3 Å². The average Bonchev–Trinajstić information content (AvgIpc) is 2.56. The molecule has 0 radical (unpaired) electrons. The zero-order valence-corrected chi connectivity index (χ0v) is 9.67. The van der Waals surface area contributed by atoms with Crippen molar-refractivity contribution in [1.82, 2.24) is 10.3 Å². The van der Waals surface area contributed by atoms with Gasteiger partial charge < -0.3 is 9.73 Å². The standard InChI is InChI=1S/C10H9BrN2O2/c1-6(14)12-5-8-3-9-10(15-8)2-7(11)4-13-9/h2-4H,5H2,1H3,(H,12,14). The topological polar surface area (TPSA) is 55.1 Å². The smallest absolute Gasteiger partial charge is 0.217 e. The average molecular weight is 269 g/mol. The third-order valence-electron chi connectivity index (χ3n) is 1.90. The van der Waals surface area contributed by atoms with Crippen LogP contribution in [0.25, 0.3) is 11.1 Å². The molecule has 0 aliphatic rings. The molecular formula is C10H9BrN2O2. The molecule has 0 saturated carbocycles. The van der Waals surface area contributed by atoms with Crippen LogP contribution < -0.4 is 5.32 Å². The normalized spacial score (nSPS) is 10.5. The molecule has 78 valence electrons. The zero-order valence-electron chi connectivity index (χ0n) is 8.08. The van der Waals surface area contributed by atoms with Gasteiger partial charge in [0, 0.05) is 23.7 Å². The van der Waals surface area contributed by atoms with Crippen molar-refractivity contribution in [1.29, 1.82) is 0 Å². The molecule has 0 saturated heterocycles. The van der Waals surface area contributed by atoms with Crippen molar-refractivity contribution in [3.8, 4) is 0 Å². The van der Waals surface area contributed by atoms with Gasteiger partial charge in [0.15, 0.2) is 5.58 Å². The number of carbonyl (C=O) groups excluding carboxylic acids is 1. The number of pyridine rings is 1. The highest BCUT2D eigenvalue weighted by atomic mass is 79.9. The molecular weight excluding hydrogens is 260 g/mol. The summed E-state index contributed by atoms with van der Waals surface area (Å²) < 4.78 is 6.36. The van der Waals surface area contributed by atoms with Crippen LogP contribution in [0.3, 0.4) is 0 Å². The zero-order chi connectivity index (χ0) is 10.8. The summed E-state index contributed by atoms with van der Waals surface area (Å²) in [6.45, 7) is 1.86. The van der Waals surface area contributed by atoms with Gasteiger partial charge in [-0.3, -0.25) is 9.78 Å². The van der Waals surface area contributed by atoms with Crippen molar-refractivity contribution in [2.45, 2.75) is 13.5 Å². The quantitative estimate of drug-likeness (QED) is 0.909. The second kappa shape index (κ2) is 4.02. The lowest BCUT2D eigenvalue weighted by Gasteiger charge is -1.95. The molecule has 2 rings (SSSR count). The van der Waals surface area contributed by atoms with E-state index in [2.05, 4.69) is 26.2 Å². The number of fused-ring (bicyclic) bond motifs is 1. The maximum Gasteiger partial charge on any atom is 0.217 e. The summed E-state index contributed by atoms with van der Waals surface area (Å²) in [6, 6.07) is 3.66. The first-order valence-electron chi connectivity index (χ1n) is 4.43. The molecule has 2 heterocycles. The highest BCUT2D eigenvalue weighted by Gasteiger charge is 2.05. The van der Waals surface area contributed by atoms with Gasteiger partial charge >= 0.3 is 0 Å². The Morgan fingerprint density at radius 3 is 3.13 bits per heavy atom. The number of carbonyl (C=O) groups is 1. The van der Waals surface area contributed by atoms with Gasteiger partial charge in [-0.15, -0.1) is 0 Å². The van der Waals surface area contributed by atoms with Crippen molar-refractivity contribution in [2.75, 3.05) is 0 Å². The van der Waals surface area contributed by atoms with E-state index < -0.39 is 0 Å². The molecule has 0 aliphatic heterocycles. The van der Waals surface area contributed by atoms with Gasteiger partial charge in [-0.2, -0.15) is 0 Å². The fraction of sp³-hybridized carbons (Fsp3) is 0.200. The predicted octanol–water partition coefficient (Wildman–Crippen LogP) is 2.23. The lowest BCUT2D eigenvalue weighted by Crippen LogP contribution is -2.18. The van der Waals surface area contributed by atoms with Crippen LogP contribution in [0, 0.1) is 0 Å². The van der Waals surface area contributed by atoms with Crippen LogP contribution in [0.2, 0.25) is 0 Å². The lowest BCUT2D eigenvalue weighted by molar-refractivity contribution is -0.119. The lowest BCUT2D eigenvalue weighted by atomic mass is 10.3. The number of nitrogens with one attached hydrogen (secondary N) is 1. The summed E-state index contributed by atoms with van der Waals surface area (Å²) in [5.41, 5.74) is 1.50. The first kappa shape index (κ1) is 10.2. The molecule has 0 aromatic carbocycles. The fourth-order valence-electron chi connectivity index (χ4n) is 1.24. The van der Waals surface area contributed by atoms with Crippen LogP contribution in [0.5, 0.6) is 0 Å². The van der Waals surface area contributed by atoms with E-state index in [1.54, 1.807) is 6.20 Å². The van der Waals surface area contributed by atoms with Crippen molar-refractivity contribution in [3.05, 3.63) is 28.6 Å². The maximum atomic E-state index is 10.7. The number of amides is 1. The van der Waals surface area contributed by atoms with Gasteiger partial charge in [-0.05, 0) is 22.0 Å².